The maximum Gasteiger partial charge on any atom is 0.359 e. The van der Waals surface area contributed by atoms with Crippen molar-refractivity contribution >= 4 is 17.6 Å². The summed E-state index contributed by atoms with van der Waals surface area (Å²) in [5.41, 5.74) is 3.07. The molecular weight excluding hydrogens is 432 g/mol. The molecule has 0 N–H and O–H groups in total. The van der Waals surface area contributed by atoms with Crippen LogP contribution in [0, 0.1) is 0 Å². The molecule has 1 amide bonds. The second-order valence-corrected chi connectivity index (χ2v) is 7.78. The van der Waals surface area contributed by atoms with E-state index in [2.05, 4.69) is 5.10 Å². The Labute approximate surface area is 195 Å². The first-order valence-corrected chi connectivity index (χ1v) is 11.0. The number of hydrogen-bond donors (Lipinski definition) is 0. The summed E-state index contributed by atoms with van der Waals surface area (Å²) >= 11 is 0. The van der Waals surface area contributed by atoms with Gasteiger partial charge in [0.15, 0.2) is 5.69 Å². The largest absolute Gasteiger partial charge is 0.461 e. The lowest BCUT2D eigenvalue weighted by atomic mass is 10.0. The second kappa shape index (κ2) is 8.82. The topological polar surface area (TPSA) is 86.4 Å². The number of pyridine rings is 1. The van der Waals surface area contributed by atoms with Crippen molar-refractivity contribution in [2.45, 2.75) is 13.3 Å². The molecule has 3 heterocycles. The van der Waals surface area contributed by atoms with Crippen molar-refractivity contribution in [3.63, 3.8) is 0 Å². The lowest BCUT2D eigenvalue weighted by Gasteiger charge is -2.28. The maximum absolute atomic E-state index is 13.7. The highest BCUT2D eigenvalue weighted by Crippen LogP contribution is 2.29. The van der Waals surface area contributed by atoms with Gasteiger partial charge in [-0.25, -0.2) is 9.48 Å². The number of para-hydroxylation sites is 1. The van der Waals surface area contributed by atoms with Crippen LogP contribution in [0.1, 0.15) is 33.5 Å². The molecule has 34 heavy (non-hydrogen) atoms. The predicted octanol–water partition coefficient (Wildman–Crippen LogP) is 3.40. The summed E-state index contributed by atoms with van der Waals surface area (Å²) in [5, 5.41) is 4.48. The fourth-order valence-corrected chi connectivity index (χ4v) is 4.16. The minimum atomic E-state index is -0.535. The van der Waals surface area contributed by atoms with E-state index in [1.165, 1.54) is 15.3 Å². The lowest BCUT2D eigenvalue weighted by Crippen LogP contribution is -2.39. The van der Waals surface area contributed by atoms with Crippen molar-refractivity contribution in [2.75, 3.05) is 18.1 Å². The molecule has 8 heteroatoms. The number of carbonyl (C=O) groups excluding carboxylic acids is 2. The van der Waals surface area contributed by atoms with Crippen molar-refractivity contribution in [1.29, 1.82) is 0 Å². The Hall–Kier alpha value is -4.46. The summed E-state index contributed by atoms with van der Waals surface area (Å²) in [6.07, 6.45) is 2.16. The average Bonchev–Trinajstić information content (AvgIpc) is 3.26. The molecule has 0 saturated heterocycles. The van der Waals surface area contributed by atoms with Gasteiger partial charge in [-0.3, -0.25) is 14.2 Å². The third-order valence-electron chi connectivity index (χ3n) is 5.75. The summed E-state index contributed by atoms with van der Waals surface area (Å²) in [7, 11) is 0. The van der Waals surface area contributed by atoms with Gasteiger partial charge in [-0.1, -0.05) is 24.3 Å². The average molecular weight is 454 g/mol. The number of aromatic nitrogens is 3. The third-order valence-corrected chi connectivity index (χ3v) is 5.75. The molecule has 2 aromatic carbocycles. The van der Waals surface area contributed by atoms with Crippen LogP contribution < -0.4 is 10.5 Å². The monoisotopic (exact) mass is 454 g/mol. The summed E-state index contributed by atoms with van der Waals surface area (Å²) in [4.78, 5) is 40.0. The Morgan fingerprint density at radius 1 is 0.912 bits per heavy atom. The maximum atomic E-state index is 13.7. The fourth-order valence-electron chi connectivity index (χ4n) is 4.16. The Bertz CT molecular complexity index is 1420. The van der Waals surface area contributed by atoms with Crippen LogP contribution in [0.15, 0.2) is 83.8 Å². The van der Waals surface area contributed by atoms with Crippen molar-refractivity contribution < 1.29 is 14.3 Å². The zero-order valence-electron chi connectivity index (χ0n) is 18.5. The molecule has 0 bridgehead atoms. The highest BCUT2D eigenvalue weighted by Gasteiger charge is 2.35. The van der Waals surface area contributed by atoms with Gasteiger partial charge in [-0.15, -0.1) is 0 Å². The zero-order chi connectivity index (χ0) is 23.7. The van der Waals surface area contributed by atoms with Crippen LogP contribution in [0.2, 0.25) is 0 Å². The van der Waals surface area contributed by atoms with E-state index in [-0.39, 0.29) is 23.8 Å². The highest BCUT2D eigenvalue weighted by atomic mass is 16.5. The minimum Gasteiger partial charge on any atom is -0.461 e. The molecule has 170 valence electrons. The number of amides is 1. The molecule has 0 atom stereocenters. The van der Waals surface area contributed by atoms with Gasteiger partial charge in [-0.05, 0) is 55.8 Å². The molecule has 0 fully saturated rings. The first-order chi connectivity index (χ1) is 16.6. The Morgan fingerprint density at radius 3 is 2.32 bits per heavy atom. The molecule has 0 unspecified atom stereocenters. The van der Waals surface area contributed by atoms with Gasteiger partial charge in [0.05, 0.1) is 12.3 Å². The van der Waals surface area contributed by atoms with E-state index >= 15 is 0 Å². The molecule has 0 spiro atoms. The standard InChI is InChI=1S/C26H22N4O4/c1-2-34-26(33)23-21-15-17-29(25(32)24(21)30(27-23)20-8-4-3-5-9-20)19-13-11-18(12-14-19)28-16-7-6-10-22(28)31/h3-14,16H,2,15,17H2,1H3. The van der Waals surface area contributed by atoms with Gasteiger partial charge in [0.25, 0.3) is 11.5 Å². The van der Waals surface area contributed by atoms with E-state index in [9.17, 15) is 14.4 Å². The van der Waals surface area contributed by atoms with Crippen LogP contribution in [0.4, 0.5) is 5.69 Å². The molecule has 1 aliphatic rings. The van der Waals surface area contributed by atoms with Gasteiger partial charge >= 0.3 is 5.97 Å². The molecule has 8 nitrogen and oxygen atoms in total. The van der Waals surface area contributed by atoms with Gasteiger partial charge < -0.3 is 9.64 Å². The SMILES string of the molecule is CCOC(=O)c1nn(-c2ccccc2)c2c1CCN(c1ccc(-n3ccccc3=O)cc1)C2=O. The molecule has 1 aliphatic heterocycles. The fraction of sp³-hybridized carbons (Fsp3) is 0.154. The summed E-state index contributed by atoms with van der Waals surface area (Å²) in [6, 6.07) is 21.5. The van der Waals surface area contributed by atoms with Gasteiger partial charge in [-0.2, -0.15) is 5.10 Å². The first-order valence-electron chi connectivity index (χ1n) is 11.0. The first kappa shape index (κ1) is 21.4. The summed E-state index contributed by atoms with van der Waals surface area (Å²) in [5.74, 6) is -0.787. The summed E-state index contributed by atoms with van der Waals surface area (Å²) in [6.45, 7) is 2.35. The van der Waals surface area contributed by atoms with E-state index in [1.807, 2.05) is 42.5 Å². The zero-order valence-corrected chi connectivity index (χ0v) is 18.5. The van der Waals surface area contributed by atoms with Crippen molar-refractivity contribution in [3.8, 4) is 11.4 Å². The van der Waals surface area contributed by atoms with Crippen LogP contribution in [-0.4, -0.2) is 39.4 Å². The number of nitrogens with zero attached hydrogens (tertiary/aromatic N) is 4. The van der Waals surface area contributed by atoms with Crippen molar-refractivity contribution in [1.82, 2.24) is 14.3 Å². The van der Waals surface area contributed by atoms with Crippen LogP contribution in [0.3, 0.4) is 0 Å². The summed E-state index contributed by atoms with van der Waals surface area (Å²) < 4.78 is 8.25. The molecule has 0 radical (unpaired) electrons. The van der Waals surface area contributed by atoms with Crippen molar-refractivity contribution in [3.05, 3.63) is 106 Å². The Kier molecular flexibility index (Phi) is 5.55. The van der Waals surface area contributed by atoms with Crippen LogP contribution in [-0.2, 0) is 11.2 Å². The molecule has 5 rings (SSSR count). The van der Waals surface area contributed by atoms with E-state index in [4.69, 9.17) is 4.74 Å². The Morgan fingerprint density at radius 2 is 1.62 bits per heavy atom. The van der Waals surface area contributed by atoms with E-state index in [1.54, 1.807) is 42.3 Å². The smallest absolute Gasteiger partial charge is 0.359 e. The number of benzene rings is 2. The molecule has 0 aliphatic carbocycles. The predicted molar refractivity (Wildman–Crippen MR) is 127 cm³/mol. The lowest BCUT2D eigenvalue weighted by molar-refractivity contribution is 0.0517. The van der Waals surface area contributed by atoms with Gasteiger partial charge in [0.2, 0.25) is 0 Å². The van der Waals surface area contributed by atoms with E-state index in [0.717, 1.165) is 0 Å². The Balaban J connectivity index is 1.54. The third kappa shape index (κ3) is 3.69. The van der Waals surface area contributed by atoms with E-state index in [0.29, 0.717) is 41.3 Å². The number of rotatable bonds is 5. The molecular formula is C26H22N4O4. The second-order valence-electron chi connectivity index (χ2n) is 7.78. The minimum absolute atomic E-state index is 0.132. The highest BCUT2D eigenvalue weighted by molar-refractivity contribution is 6.09. The number of ether oxygens (including phenoxy) is 1. The van der Waals surface area contributed by atoms with Gasteiger partial charge in [0, 0.05) is 35.7 Å². The van der Waals surface area contributed by atoms with Crippen LogP contribution in [0.5, 0.6) is 0 Å². The van der Waals surface area contributed by atoms with Crippen LogP contribution >= 0.6 is 0 Å². The van der Waals surface area contributed by atoms with Gasteiger partial charge in [0.1, 0.15) is 5.69 Å². The number of anilines is 1. The number of carbonyl (C=O) groups is 2. The molecule has 2 aromatic heterocycles. The normalized spacial score (nSPS) is 13.0. The van der Waals surface area contributed by atoms with Crippen molar-refractivity contribution in [2.24, 2.45) is 0 Å². The van der Waals surface area contributed by atoms with Crippen LogP contribution in [0.25, 0.3) is 11.4 Å². The molecule has 4 aromatic rings. The quantitative estimate of drug-likeness (QED) is 0.432. The number of hydrogen-bond acceptors (Lipinski definition) is 5. The van der Waals surface area contributed by atoms with E-state index < -0.39 is 5.97 Å². The molecule has 0 saturated carbocycles. The number of esters is 1. The number of fused-ring (bicyclic) bond motifs is 1.